The first-order chi connectivity index (χ1) is 12.6. The lowest BCUT2D eigenvalue weighted by Gasteiger charge is -2.18. The lowest BCUT2D eigenvalue weighted by molar-refractivity contribution is -0.121. The summed E-state index contributed by atoms with van der Waals surface area (Å²) in [5.74, 6) is -0.965. The quantitative estimate of drug-likeness (QED) is 0.720. The van der Waals surface area contributed by atoms with Gasteiger partial charge in [-0.1, -0.05) is 72.8 Å². The van der Waals surface area contributed by atoms with Crippen LogP contribution in [0.5, 0.6) is 0 Å². The van der Waals surface area contributed by atoms with Gasteiger partial charge in [0, 0.05) is 12.1 Å². The monoisotopic (exact) mass is 344 g/mol. The number of primary amides is 1. The van der Waals surface area contributed by atoms with Crippen molar-refractivity contribution in [2.45, 2.75) is 12.5 Å². The molecule has 0 spiro atoms. The summed E-state index contributed by atoms with van der Waals surface area (Å²) in [5, 5.41) is 2.97. The number of carbonyl (C=O) groups is 2. The minimum Gasteiger partial charge on any atom is -0.366 e. The maximum atomic E-state index is 12.9. The lowest BCUT2D eigenvalue weighted by atomic mass is 9.90. The third kappa shape index (κ3) is 4.16. The highest BCUT2D eigenvalue weighted by molar-refractivity contribution is 5.93. The van der Waals surface area contributed by atoms with Gasteiger partial charge in [0.25, 0.3) is 0 Å². The number of amides is 2. The van der Waals surface area contributed by atoms with Crippen molar-refractivity contribution in [3.63, 3.8) is 0 Å². The SMILES string of the molecule is NC(=O)c1cccc(CNC(=O)C(c2ccccc2)c2ccccc2)c1. The fourth-order valence-electron chi connectivity index (χ4n) is 2.91. The molecule has 0 aliphatic carbocycles. The minimum absolute atomic E-state index is 0.0909. The van der Waals surface area contributed by atoms with Crippen molar-refractivity contribution in [3.05, 3.63) is 107 Å². The zero-order valence-electron chi connectivity index (χ0n) is 14.3. The van der Waals surface area contributed by atoms with Crippen LogP contribution in [-0.4, -0.2) is 11.8 Å². The van der Waals surface area contributed by atoms with E-state index >= 15 is 0 Å². The fraction of sp³-hybridized carbons (Fsp3) is 0.0909. The Hall–Kier alpha value is -3.40. The Morgan fingerprint density at radius 1 is 0.808 bits per heavy atom. The second-order valence-electron chi connectivity index (χ2n) is 6.04. The molecule has 130 valence electrons. The third-order valence-corrected chi connectivity index (χ3v) is 4.21. The largest absolute Gasteiger partial charge is 0.366 e. The Morgan fingerprint density at radius 3 is 1.92 bits per heavy atom. The molecule has 4 heteroatoms. The number of benzene rings is 3. The molecule has 3 aromatic rings. The van der Waals surface area contributed by atoms with Crippen LogP contribution < -0.4 is 11.1 Å². The highest BCUT2D eigenvalue weighted by atomic mass is 16.2. The van der Waals surface area contributed by atoms with Gasteiger partial charge in [-0.15, -0.1) is 0 Å². The molecule has 0 aliphatic heterocycles. The first kappa shape index (κ1) is 17.4. The predicted octanol–water partition coefficient (Wildman–Crippen LogP) is 3.23. The molecule has 26 heavy (non-hydrogen) atoms. The molecule has 0 heterocycles. The average molecular weight is 344 g/mol. The van der Waals surface area contributed by atoms with Crippen molar-refractivity contribution < 1.29 is 9.59 Å². The van der Waals surface area contributed by atoms with Crippen molar-refractivity contribution >= 4 is 11.8 Å². The first-order valence-corrected chi connectivity index (χ1v) is 8.41. The summed E-state index contributed by atoms with van der Waals surface area (Å²) >= 11 is 0. The van der Waals surface area contributed by atoms with Crippen LogP contribution in [-0.2, 0) is 11.3 Å². The number of nitrogens with one attached hydrogen (secondary N) is 1. The molecule has 2 amide bonds. The molecule has 0 aromatic heterocycles. The van der Waals surface area contributed by atoms with Gasteiger partial charge in [0.2, 0.25) is 11.8 Å². The van der Waals surface area contributed by atoms with E-state index in [1.54, 1.807) is 18.2 Å². The summed E-state index contributed by atoms with van der Waals surface area (Å²) in [4.78, 5) is 24.2. The molecule has 3 rings (SSSR count). The molecule has 0 radical (unpaired) electrons. The summed E-state index contributed by atoms with van der Waals surface area (Å²) in [6, 6.07) is 26.3. The normalized spacial score (nSPS) is 10.5. The zero-order chi connectivity index (χ0) is 18.4. The Bertz CT molecular complexity index is 853. The number of hydrogen-bond donors (Lipinski definition) is 2. The molecule has 0 fully saturated rings. The van der Waals surface area contributed by atoms with Crippen LogP contribution in [0.2, 0.25) is 0 Å². The van der Waals surface area contributed by atoms with Crippen LogP contribution in [0.1, 0.15) is 33.0 Å². The van der Waals surface area contributed by atoms with Gasteiger partial charge in [-0.2, -0.15) is 0 Å². The van der Waals surface area contributed by atoms with E-state index in [-0.39, 0.29) is 5.91 Å². The van der Waals surface area contributed by atoms with E-state index in [2.05, 4.69) is 5.32 Å². The molecular weight excluding hydrogens is 324 g/mol. The molecule has 3 aromatic carbocycles. The summed E-state index contributed by atoms with van der Waals surface area (Å²) in [6.07, 6.45) is 0. The van der Waals surface area contributed by atoms with E-state index in [1.165, 1.54) is 0 Å². The van der Waals surface area contributed by atoms with Gasteiger partial charge in [0.15, 0.2) is 0 Å². The van der Waals surface area contributed by atoms with E-state index in [0.717, 1.165) is 16.7 Å². The van der Waals surface area contributed by atoms with Crippen molar-refractivity contribution in [2.75, 3.05) is 0 Å². The topological polar surface area (TPSA) is 72.2 Å². The van der Waals surface area contributed by atoms with Crippen molar-refractivity contribution in [1.82, 2.24) is 5.32 Å². The lowest BCUT2D eigenvalue weighted by Crippen LogP contribution is -2.29. The van der Waals surface area contributed by atoms with Gasteiger partial charge in [-0.3, -0.25) is 9.59 Å². The molecule has 3 N–H and O–H groups in total. The van der Waals surface area contributed by atoms with Crippen molar-refractivity contribution in [2.24, 2.45) is 5.73 Å². The van der Waals surface area contributed by atoms with Gasteiger partial charge in [0.05, 0.1) is 5.92 Å². The highest BCUT2D eigenvalue weighted by Crippen LogP contribution is 2.24. The summed E-state index contributed by atoms with van der Waals surface area (Å²) < 4.78 is 0. The van der Waals surface area contributed by atoms with E-state index in [0.29, 0.717) is 12.1 Å². The fourth-order valence-corrected chi connectivity index (χ4v) is 2.91. The Balaban J connectivity index is 1.80. The van der Waals surface area contributed by atoms with E-state index in [1.807, 2.05) is 66.7 Å². The molecule has 0 unspecified atom stereocenters. The van der Waals surface area contributed by atoms with Gasteiger partial charge in [0.1, 0.15) is 0 Å². The standard InChI is InChI=1S/C22H20N2O2/c23-21(25)19-13-7-8-16(14-19)15-24-22(26)20(17-9-3-1-4-10-17)18-11-5-2-6-12-18/h1-14,20H,15H2,(H2,23,25)(H,24,26). The number of carbonyl (C=O) groups excluding carboxylic acids is 2. The summed E-state index contributed by atoms with van der Waals surface area (Å²) in [6.45, 7) is 0.329. The molecule has 0 saturated carbocycles. The second-order valence-corrected chi connectivity index (χ2v) is 6.04. The maximum Gasteiger partial charge on any atom is 0.248 e. The van der Waals surface area contributed by atoms with Crippen LogP contribution in [0.4, 0.5) is 0 Å². The van der Waals surface area contributed by atoms with E-state index < -0.39 is 11.8 Å². The van der Waals surface area contributed by atoms with Crippen LogP contribution >= 0.6 is 0 Å². The van der Waals surface area contributed by atoms with Crippen molar-refractivity contribution in [3.8, 4) is 0 Å². The van der Waals surface area contributed by atoms with E-state index in [9.17, 15) is 9.59 Å². The highest BCUT2D eigenvalue weighted by Gasteiger charge is 2.22. The number of hydrogen-bond acceptors (Lipinski definition) is 2. The molecule has 4 nitrogen and oxygen atoms in total. The van der Waals surface area contributed by atoms with Gasteiger partial charge < -0.3 is 11.1 Å². The molecule has 0 aliphatic rings. The molecular formula is C22H20N2O2. The minimum atomic E-state index is -0.482. The van der Waals surface area contributed by atoms with Gasteiger partial charge in [-0.25, -0.2) is 0 Å². The number of nitrogens with two attached hydrogens (primary N) is 1. The third-order valence-electron chi connectivity index (χ3n) is 4.21. The van der Waals surface area contributed by atoms with E-state index in [4.69, 9.17) is 5.73 Å². The predicted molar refractivity (Wildman–Crippen MR) is 102 cm³/mol. The molecule has 0 atom stereocenters. The average Bonchev–Trinajstić information content (AvgIpc) is 2.68. The van der Waals surface area contributed by atoms with Crippen LogP contribution in [0, 0.1) is 0 Å². The Morgan fingerprint density at radius 2 is 1.38 bits per heavy atom. The number of rotatable bonds is 6. The van der Waals surface area contributed by atoms with Crippen molar-refractivity contribution in [1.29, 1.82) is 0 Å². The molecule has 0 bridgehead atoms. The van der Waals surface area contributed by atoms with Gasteiger partial charge >= 0.3 is 0 Å². The second kappa shape index (κ2) is 8.12. The zero-order valence-corrected chi connectivity index (χ0v) is 14.3. The van der Waals surface area contributed by atoms with Crippen LogP contribution in [0.25, 0.3) is 0 Å². The Kier molecular flexibility index (Phi) is 5.44. The molecule has 0 saturated heterocycles. The summed E-state index contributed by atoms with van der Waals surface area (Å²) in [5.41, 5.74) is 8.44. The smallest absolute Gasteiger partial charge is 0.248 e. The first-order valence-electron chi connectivity index (χ1n) is 8.41. The Labute approximate surface area is 152 Å². The van der Waals surface area contributed by atoms with Crippen LogP contribution in [0.3, 0.4) is 0 Å². The van der Waals surface area contributed by atoms with Crippen LogP contribution in [0.15, 0.2) is 84.9 Å². The maximum absolute atomic E-state index is 12.9. The van der Waals surface area contributed by atoms with Gasteiger partial charge in [-0.05, 0) is 28.8 Å². The summed E-state index contributed by atoms with van der Waals surface area (Å²) in [7, 11) is 0.